The van der Waals surface area contributed by atoms with Crippen molar-refractivity contribution in [1.29, 1.82) is 0 Å². The predicted octanol–water partition coefficient (Wildman–Crippen LogP) is 7.77. The molecule has 1 aromatic carbocycles. The Labute approximate surface area is 172 Å². The summed E-state index contributed by atoms with van der Waals surface area (Å²) in [4.78, 5) is 14.2. The maximum absolute atomic E-state index is 13.8. The van der Waals surface area contributed by atoms with Gasteiger partial charge in [-0.3, -0.25) is 4.79 Å². The van der Waals surface area contributed by atoms with Crippen LogP contribution in [0.1, 0.15) is 114 Å². The molecule has 0 aliphatic carbocycles. The van der Waals surface area contributed by atoms with E-state index in [0.717, 1.165) is 19.4 Å². The zero-order valence-electron chi connectivity index (χ0n) is 18.4. The monoisotopic (exact) mass is 391 g/mol. The minimum absolute atomic E-state index is 0.185. The zero-order valence-corrected chi connectivity index (χ0v) is 18.4. The molecule has 0 atom stereocenters. The standard InChI is InChI=1S/C25H42FNO/c1-3-5-6-7-8-9-10-11-12-13-14-15-16-19-22-27(4-2)25(28)23-20-17-18-21-24(23)26/h17-18,20-21H,3-16,19,22H2,1-2H3. The van der Waals surface area contributed by atoms with Crippen molar-refractivity contribution >= 4 is 5.91 Å². The zero-order chi connectivity index (χ0) is 20.5. The van der Waals surface area contributed by atoms with Crippen LogP contribution < -0.4 is 0 Å². The molecule has 0 aliphatic heterocycles. The Kier molecular flexibility index (Phi) is 14.6. The van der Waals surface area contributed by atoms with Gasteiger partial charge in [-0.1, -0.05) is 103 Å². The van der Waals surface area contributed by atoms with E-state index in [1.807, 2.05) is 6.92 Å². The van der Waals surface area contributed by atoms with Crippen molar-refractivity contribution in [1.82, 2.24) is 4.90 Å². The van der Waals surface area contributed by atoms with Crippen molar-refractivity contribution in [2.45, 2.75) is 104 Å². The van der Waals surface area contributed by atoms with Crippen LogP contribution in [-0.4, -0.2) is 23.9 Å². The van der Waals surface area contributed by atoms with Gasteiger partial charge in [0.15, 0.2) is 0 Å². The van der Waals surface area contributed by atoms with Crippen molar-refractivity contribution in [3.05, 3.63) is 35.6 Å². The maximum Gasteiger partial charge on any atom is 0.256 e. The molecule has 0 unspecified atom stereocenters. The predicted molar refractivity (Wildman–Crippen MR) is 118 cm³/mol. The molecule has 2 nitrogen and oxygen atoms in total. The molecular formula is C25H42FNO. The Balaban J connectivity index is 2.00. The third-order valence-corrected chi connectivity index (χ3v) is 5.55. The van der Waals surface area contributed by atoms with E-state index in [0.29, 0.717) is 6.54 Å². The molecule has 0 saturated heterocycles. The van der Waals surface area contributed by atoms with Gasteiger partial charge in [-0.25, -0.2) is 4.39 Å². The molecule has 0 heterocycles. The quantitative estimate of drug-likeness (QED) is 0.248. The van der Waals surface area contributed by atoms with E-state index in [2.05, 4.69) is 6.92 Å². The SMILES string of the molecule is CCCCCCCCCCCCCCCCN(CC)C(=O)c1ccccc1F. The van der Waals surface area contributed by atoms with Gasteiger partial charge in [0.2, 0.25) is 0 Å². The average molecular weight is 392 g/mol. The molecule has 0 bridgehead atoms. The second kappa shape index (κ2) is 16.6. The van der Waals surface area contributed by atoms with Crippen LogP contribution in [0.25, 0.3) is 0 Å². The molecule has 0 aromatic heterocycles. The van der Waals surface area contributed by atoms with Gasteiger partial charge in [0, 0.05) is 13.1 Å². The molecule has 160 valence electrons. The number of carbonyl (C=O) groups excluding carboxylic acids is 1. The Morgan fingerprint density at radius 1 is 0.750 bits per heavy atom. The van der Waals surface area contributed by atoms with Gasteiger partial charge in [0.05, 0.1) is 5.56 Å². The lowest BCUT2D eigenvalue weighted by molar-refractivity contribution is 0.0756. The maximum atomic E-state index is 13.8. The van der Waals surface area contributed by atoms with Crippen molar-refractivity contribution < 1.29 is 9.18 Å². The van der Waals surface area contributed by atoms with Crippen LogP contribution in [0.2, 0.25) is 0 Å². The summed E-state index contributed by atoms with van der Waals surface area (Å²) in [5.41, 5.74) is 0.190. The highest BCUT2D eigenvalue weighted by atomic mass is 19.1. The highest BCUT2D eigenvalue weighted by Gasteiger charge is 2.16. The number of carbonyl (C=O) groups is 1. The molecule has 1 aromatic rings. The van der Waals surface area contributed by atoms with Gasteiger partial charge in [0.25, 0.3) is 5.91 Å². The van der Waals surface area contributed by atoms with Crippen molar-refractivity contribution in [2.75, 3.05) is 13.1 Å². The third-order valence-electron chi connectivity index (χ3n) is 5.55. The molecule has 0 saturated carbocycles. The summed E-state index contributed by atoms with van der Waals surface area (Å²) < 4.78 is 13.8. The van der Waals surface area contributed by atoms with Crippen LogP contribution in [0.15, 0.2) is 24.3 Å². The van der Waals surface area contributed by atoms with Gasteiger partial charge in [0.1, 0.15) is 5.82 Å². The lowest BCUT2D eigenvalue weighted by Gasteiger charge is -2.21. The summed E-state index contributed by atoms with van der Waals surface area (Å²) >= 11 is 0. The first kappa shape index (κ1) is 24.7. The van der Waals surface area contributed by atoms with Crippen LogP contribution in [-0.2, 0) is 0 Å². The van der Waals surface area contributed by atoms with E-state index in [4.69, 9.17) is 0 Å². The second-order valence-corrected chi connectivity index (χ2v) is 7.96. The summed E-state index contributed by atoms with van der Waals surface area (Å²) in [7, 11) is 0. The largest absolute Gasteiger partial charge is 0.339 e. The van der Waals surface area contributed by atoms with E-state index in [-0.39, 0.29) is 11.5 Å². The molecule has 1 rings (SSSR count). The lowest BCUT2D eigenvalue weighted by atomic mass is 10.0. The third kappa shape index (κ3) is 10.8. The fourth-order valence-electron chi connectivity index (χ4n) is 3.71. The summed E-state index contributed by atoms with van der Waals surface area (Å²) in [5.74, 6) is -0.609. The number of rotatable bonds is 17. The average Bonchev–Trinajstić information content (AvgIpc) is 2.71. The first-order valence-corrected chi connectivity index (χ1v) is 11.7. The number of amides is 1. The fraction of sp³-hybridized carbons (Fsp3) is 0.720. The molecule has 0 N–H and O–H groups in total. The smallest absolute Gasteiger partial charge is 0.256 e. The molecule has 0 aliphatic rings. The molecule has 28 heavy (non-hydrogen) atoms. The van der Waals surface area contributed by atoms with E-state index in [1.54, 1.807) is 23.1 Å². The summed E-state index contributed by atoms with van der Waals surface area (Å²) in [6.07, 6.45) is 18.6. The van der Waals surface area contributed by atoms with Crippen LogP contribution in [0.5, 0.6) is 0 Å². The first-order chi connectivity index (χ1) is 13.7. The van der Waals surface area contributed by atoms with Gasteiger partial charge in [-0.2, -0.15) is 0 Å². The molecule has 0 radical (unpaired) electrons. The molecule has 3 heteroatoms. The number of unbranched alkanes of at least 4 members (excludes halogenated alkanes) is 13. The Morgan fingerprint density at radius 2 is 1.21 bits per heavy atom. The Hall–Kier alpha value is -1.38. The van der Waals surface area contributed by atoms with Gasteiger partial charge < -0.3 is 4.90 Å². The van der Waals surface area contributed by atoms with Crippen LogP contribution in [0.4, 0.5) is 4.39 Å². The normalized spacial score (nSPS) is 11.0. The van der Waals surface area contributed by atoms with Gasteiger partial charge in [-0.15, -0.1) is 0 Å². The summed E-state index contributed by atoms with van der Waals surface area (Å²) in [6.45, 7) is 5.58. The molecule has 0 spiro atoms. The van der Waals surface area contributed by atoms with Crippen molar-refractivity contribution in [3.8, 4) is 0 Å². The molecule has 1 amide bonds. The summed E-state index contributed by atoms with van der Waals surface area (Å²) in [5, 5.41) is 0. The summed E-state index contributed by atoms with van der Waals surface area (Å²) in [6, 6.07) is 6.27. The number of nitrogens with zero attached hydrogens (tertiary/aromatic N) is 1. The number of halogens is 1. The number of hydrogen-bond donors (Lipinski definition) is 0. The van der Waals surface area contributed by atoms with Gasteiger partial charge in [-0.05, 0) is 25.5 Å². The Bertz CT molecular complexity index is 517. The highest BCUT2D eigenvalue weighted by molar-refractivity contribution is 5.94. The minimum Gasteiger partial charge on any atom is -0.339 e. The van der Waals surface area contributed by atoms with Crippen LogP contribution in [0.3, 0.4) is 0 Å². The fourth-order valence-corrected chi connectivity index (χ4v) is 3.71. The van der Waals surface area contributed by atoms with E-state index in [1.165, 1.54) is 83.1 Å². The van der Waals surface area contributed by atoms with Crippen LogP contribution >= 0.6 is 0 Å². The van der Waals surface area contributed by atoms with Gasteiger partial charge >= 0.3 is 0 Å². The number of benzene rings is 1. The van der Waals surface area contributed by atoms with Crippen molar-refractivity contribution in [2.24, 2.45) is 0 Å². The van der Waals surface area contributed by atoms with E-state index >= 15 is 0 Å². The van der Waals surface area contributed by atoms with Crippen LogP contribution in [0, 0.1) is 5.82 Å². The molecule has 0 fully saturated rings. The topological polar surface area (TPSA) is 20.3 Å². The van der Waals surface area contributed by atoms with Crippen molar-refractivity contribution in [3.63, 3.8) is 0 Å². The first-order valence-electron chi connectivity index (χ1n) is 11.7. The number of hydrogen-bond acceptors (Lipinski definition) is 1. The second-order valence-electron chi connectivity index (χ2n) is 7.96. The minimum atomic E-state index is -0.424. The Morgan fingerprint density at radius 3 is 1.68 bits per heavy atom. The van der Waals surface area contributed by atoms with E-state index in [9.17, 15) is 9.18 Å². The molecular weight excluding hydrogens is 349 g/mol. The van der Waals surface area contributed by atoms with E-state index < -0.39 is 5.82 Å². The lowest BCUT2D eigenvalue weighted by Crippen LogP contribution is -2.32. The highest BCUT2D eigenvalue weighted by Crippen LogP contribution is 2.14.